The fourth-order valence-corrected chi connectivity index (χ4v) is 3.69. The third-order valence-electron chi connectivity index (χ3n) is 3.63. The van der Waals surface area contributed by atoms with Crippen LogP contribution in [-0.2, 0) is 6.42 Å². The highest BCUT2D eigenvalue weighted by Crippen LogP contribution is 2.26. The minimum atomic E-state index is -0.284. The van der Waals surface area contributed by atoms with Gasteiger partial charge in [0.2, 0.25) is 0 Å². The van der Waals surface area contributed by atoms with Gasteiger partial charge in [0.25, 0.3) is 5.56 Å². The van der Waals surface area contributed by atoms with E-state index in [0.717, 1.165) is 0 Å². The van der Waals surface area contributed by atoms with Crippen molar-refractivity contribution in [2.24, 2.45) is 0 Å². The van der Waals surface area contributed by atoms with E-state index in [1.165, 1.54) is 17.8 Å². The molecule has 0 radical (unpaired) electrons. The first kappa shape index (κ1) is 18.7. The number of aromatic amines is 1. The quantitative estimate of drug-likeness (QED) is 0.369. The standard InChI is InChI=1S/C19H14Cl2N2O2S/c20-15-7-4-8-16(21)14(15)9-13-10-18(25)23-19(22-13)26-11-17(24)12-5-2-1-3-6-12/h1-8,10H,9,11H2,(H,22,23,25). The number of benzene rings is 2. The van der Waals surface area contributed by atoms with Gasteiger partial charge in [0.1, 0.15) is 0 Å². The molecule has 3 rings (SSSR count). The molecule has 2 aromatic carbocycles. The Kier molecular flexibility index (Phi) is 6.14. The number of Topliss-reactive ketones (excluding diaryl/α,β-unsaturated/α-hetero) is 1. The summed E-state index contributed by atoms with van der Waals surface area (Å²) in [7, 11) is 0. The number of hydrogen-bond acceptors (Lipinski definition) is 4. The van der Waals surface area contributed by atoms with Gasteiger partial charge < -0.3 is 4.98 Å². The number of carbonyl (C=O) groups is 1. The van der Waals surface area contributed by atoms with E-state index in [2.05, 4.69) is 9.97 Å². The Morgan fingerprint density at radius 3 is 2.42 bits per heavy atom. The number of rotatable bonds is 6. The molecule has 0 amide bonds. The summed E-state index contributed by atoms with van der Waals surface area (Å²) in [5, 5.41) is 1.43. The number of halogens is 2. The van der Waals surface area contributed by atoms with Gasteiger partial charge in [0, 0.05) is 28.1 Å². The van der Waals surface area contributed by atoms with E-state index in [1.807, 2.05) is 18.2 Å². The van der Waals surface area contributed by atoms with Crippen LogP contribution in [-0.4, -0.2) is 21.5 Å². The topological polar surface area (TPSA) is 62.8 Å². The molecule has 0 atom stereocenters. The molecule has 1 N–H and O–H groups in total. The van der Waals surface area contributed by atoms with Crippen molar-refractivity contribution in [3.8, 4) is 0 Å². The van der Waals surface area contributed by atoms with Crippen LogP contribution in [0.5, 0.6) is 0 Å². The molecule has 0 unspecified atom stereocenters. The number of H-pyrrole nitrogens is 1. The highest BCUT2D eigenvalue weighted by molar-refractivity contribution is 7.99. The first-order valence-corrected chi connectivity index (χ1v) is 9.51. The molecule has 0 aliphatic carbocycles. The van der Waals surface area contributed by atoms with E-state index in [9.17, 15) is 9.59 Å². The van der Waals surface area contributed by atoms with Crippen molar-refractivity contribution in [2.75, 3.05) is 5.75 Å². The number of hydrogen-bond donors (Lipinski definition) is 1. The van der Waals surface area contributed by atoms with E-state index >= 15 is 0 Å². The number of thioether (sulfide) groups is 1. The van der Waals surface area contributed by atoms with Crippen LogP contribution < -0.4 is 5.56 Å². The van der Waals surface area contributed by atoms with Gasteiger partial charge in [-0.25, -0.2) is 4.98 Å². The van der Waals surface area contributed by atoms with Crippen LogP contribution >= 0.6 is 35.0 Å². The predicted molar refractivity (Wildman–Crippen MR) is 106 cm³/mol. The van der Waals surface area contributed by atoms with Gasteiger partial charge in [-0.2, -0.15) is 0 Å². The second-order valence-corrected chi connectivity index (χ2v) is 7.28. The summed E-state index contributed by atoms with van der Waals surface area (Å²) in [5.41, 5.74) is 1.60. The largest absolute Gasteiger partial charge is 0.301 e. The summed E-state index contributed by atoms with van der Waals surface area (Å²) < 4.78 is 0. The Bertz CT molecular complexity index is 970. The maximum atomic E-state index is 12.2. The van der Waals surface area contributed by atoms with E-state index < -0.39 is 0 Å². The zero-order valence-corrected chi connectivity index (χ0v) is 15.9. The molecular formula is C19H14Cl2N2O2S. The molecule has 0 spiro atoms. The van der Waals surface area contributed by atoms with E-state index in [1.54, 1.807) is 30.3 Å². The molecule has 0 fully saturated rings. The van der Waals surface area contributed by atoms with Crippen LogP contribution in [0.25, 0.3) is 0 Å². The second kappa shape index (κ2) is 8.54. The smallest absolute Gasteiger partial charge is 0.251 e. The lowest BCUT2D eigenvalue weighted by Crippen LogP contribution is -2.12. The summed E-state index contributed by atoms with van der Waals surface area (Å²) in [6, 6.07) is 15.6. The molecule has 0 saturated heterocycles. The van der Waals surface area contributed by atoms with Gasteiger partial charge in [0.05, 0.1) is 11.4 Å². The molecule has 3 aromatic rings. The number of nitrogens with one attached hydrogen (secondary N) is 1. The first-order valence-electron chi connectivity index (χ1n) is 7.77. The monoisotopic (exact) mass is 404 g/mol. The van der Waals surface area contributed by atoms with Crippen molar-refractivity contribution in [1.82, 2.24) is 9.97 Å². The third kappa shape index (κ3) is 4.75. The molecule has 7 heteroatoms. The van der Waals surface area contributed by atoms with Gasteiger partial charge >= 0.3 is 0 Å². The lowest BCUT2D eigenvalue weighted by atomic mass is 10.1. The van der Waals surface area contributed by atoms with Crippen LogP contribution in [0.15, 0.2) is 64.5 Å². The maximum Gasteiger partial charge on any atom is 0.251 e. The van der Waals surface area contributed by atoms with Crippen LogP contribution in [0.3, 0.4) is 0 Å². The summed E-state index contributed by atoms with van der Waals surface area (Å²) in [5.74, 6) is 0.154. The first-order chi connectivity index (χ1) is 12.5. The van der Waals surface area contributed by atoms with Gasteiger partial charge in [-0.15, -0.1) is 0 Å². The van der Waals surface area contributed by atoms with E-state index in [4.69, 9.17) is 23.2 Å². The Labute approximate surface area is 164 Å². The van der Waals surface area contributed by atoms with E-state index in [0.29, 0.717) is 38.4 Å². The molecule has 1 aromatic heterocycles. The van der Waals surface area contributed by atoms with Gasteiger partial charge in [-0.1, -0.05) is 71.4 Å². The van der Waals surface area contributed by atoms with Crippen molar-refractivity contribution < 1.29 is 4.79 Å². The zero-order chi connectivity index (χ0) is 18.5. The molecule has 4 nitrogen and oxygen atoms in total. The predicted octanol–water partition coefficient (Wildman–Crippen LogP) is 4.64. The molecular weight excluding hydrogens is 391 g/mol. The average molecular weight is 405 g/mol. The molecule has 26 heavy (non-hydrogen) atoms. The number of aromatic nitrogens is 2. The molecule has 0 saturated carbocycles. The van der Waals surface area contributed by atoms with Crippen LogP contribution in [0.4, 0.5) is 0 Å². The molecule has 0 aliphatic rings. The lowest BCUT2D eigenvalue weighted by Gasteiger charge is -2.07. The van der Waals surface area contributed by atoms with Crippen LogP contribution in [0, 0.1) is 0 Å². The Hall–Kier alpha value is -2.08. The lowest BCUT2D eigenvalue weighted by molar-refractivity contribution is 0.102. The van der Waals surface area contributed by atoms with Crippen molar-refractivity contribution in [2.45, 2.75) is 11.6 Å². The normalized spacial score (nSPS) is 10.7. The van der Waals surface area contributed by atoms with Crippen molar-refractivity contribution >= 4 is 40.7 Å². The average Bonchev–Trinajstić information content (AvgIpc) is 2.63. The van der Waals surface area contributed by atoms with Crippen LogP contribution in [0.1, 0.15) is 21.6 Å². The summed E-state index contributed by atoms with van der Waals surface area (Å²) >= 11 is 13.6. The summed E-state index contributed by atoms with van der Waals surface area (Å²) in [6.45, 7) is 0. The Morgan fingerprint density at radius 2 is 1.73 bits per heavy atom. The molecule has 132 valence electrons. The van der Waals surface area contributed by atoms with Gasteiger partial charge in [-0.3, -0.25) is 9.59 Å². The highest BCUT2D eigenvalue weighted by atomic mass is 35.5. The number of carbonyl (C=O) groups excluding carboxylic acids is 1. The third-order valence-corrected chi connectivity index (χ3v) is 5.21. The van der Waals surface area contributed by atoms with Gasteiger partial charge in [0.15, 0.2) is 10.9 Å². The molecule has 0 aliphatic heterocycles. The Morgan fingerprint density at radius 1 is 1.04 bits per heavy atom. The van der Waals surface area contributed by atoms with Crippen LogP contribution in [0.2, 0.25) is 10.0 Å². The maximum absolute atomic E-state index is 12.2. The van der Waals surface area contributed by atoms with Crippen molar-refractivity contribution in [3.05, 3.63) is 91.8 Å². The minimum absolute atomic E-state index is 0.0298. The molecule has 1 heterocycles. The van der Waals surface area contributed by atoms with E-state index in [-0.39, 0.29) is 17.1 Å². The number of nitrogens with zero attached hydrogens (tertiary/aromatic N) is 1. The Balaban J connectivity index is 1.76. The van der Waals surface area contributed by atoms with Crippen molar-refractivity contribution in [3.63, 3.8) is 0 Å². The fourth-order valence-electron chi connectivity index (χ4n) is 2.37. The zero-order valence-electron chi connectivity index (χ0n) is 13.5. The minimum Gasteiger partial charge on any atom is -0.301 e. The second-order valence-electron chi connectivity index (χ2n) is 5.50. The fraction of sp³-hybridized carbons (Fsp3) is 0.105. The van der Waals surface area contributed by atoms with Crippen molar-refractivity contribution in [1.29, 1.82) is 0 Å². The summed E-state index contributed by atoms with van der Waals surface area (Å²) in [4.78, 5) is 31.2. The SMILES string of the molecule is O=C(CSc1nc(Cc2c(Cl)cccc2Cl)cc(=O)[nH]1)c1ccccc1. The number of ketones is 1. The molecule has 0 bridgehead atoms. The summed E-state index contributed by atoms with van der Waals surface area (Å²) in [6.07, 6.45) is 0.336. The van der Waals surface area contributed by atoms with Gasteiger partial charge in [-0.05, 0) is 17.7 Å². The highest BCUT2D eigenvalue weighted by Gasteiger charge is 2.11.